The average Bonchev–Trinajstić information content (AvgIpc) is 2.17. The highest BCUT2D eigenvalue weighted by atomic mass is 14.6. The maximum atomic E-state index is 4.28. The molecule has 0 aliphatic carbocycles. The summed E-state index contributed by atoms with van der Waals surface area (Å²) < 4.78 is 0. The molecule has 0 aliphatic heterocycles. The van der Waals surface area contributed by atoms with Gasteiger partial charge < -0.3 is 0 Å². The van der Waals surface area contributed by atoms with Crippen LogP contribution in [0.4, 0.5) is 0 Å². The summed E-state index contributed by atoms with van der Waals surface area (Å²) in [4.78, 5) is 4.28. The van der Waals surface area contributed by atoms with Crippen LogP contribution in [0.25, 0.3) is 10.9 Å². The first-order valence-electron chi connectivity index (χ1n) is 4.55. The monoisotopic (exact) mass is 170 g/mol. The summed E-state index contributed by atoms with van der Waals surface area (Å²) in [5.41, 5.74) is 2.38. The van der Waals surface area contributed by atoms with Crippen LogP contribution in [-0.2, 0) is 0 Å². The van der Waals surface area contributed by atoms with Crippen molar-refractivity contribution in [3.8, 4) is 0 Å². The van der Waals surface area contributed by atoms with E-state index in [0.717, 1.165) is 5.52 Å². The van der Waals surface area contributed by atoms with Crippen LogP contribution in [0.1, 0.15) is 25.3 Å². The van der Waals surface area contributed by atoms with E-state index >= 15 is 0 Å². The lowest BCUT2D eigenvalue weighted by Crippen LogP contribution is -1.90. The number of rotatable bonds is 1. The number of fused-ring (bicyclic) bond motifs is 1. The Morgan fingerprint density at radius 2 is 2.08 bits per heavy atom. The number of hydrogen-bond donors (Lipinski definition) is 0. The average molecular weight is 170 g/mol. The van der Waals surface area contributed by atoms with Gasteiger partial charge in [0.2, 0.25) is 0 Å². The predicted octanol–water partition coefficient (Wildman–Crippen LogP) is 3.16. The SMILES string of the molecule is CC(C)c1cccc2cc[c]nc12. The van der Waals surface area contributed by atoms with Gasteiger partial charge in [-0.15, -0.1) is 0 Å². The molecule has 0 bridgehead atoms. The highest BCUT2D eigenvalue weighted by molar-refractivity contribution is 5.81. The van der Waals surface area contributed by atoms with Gasteiger partial charge in [-0.25, -0.2) is 4.98 Å². The summed E-state index contributed by atoms with van der Waals surface area (Å²) in [6.45, 7) is 4.37. The van der Waals surface area contributed by atoms with Crippen molar-refractivity contribution in [2.45, 2.75) is 19.8 Å². The fourth-order valence-electron chi connectivity index (χ4n) is 1.54. The molecule has 1 heterocycles. The Bertz CT molecular complexity index is 413. The van der Waals surface area contributed by atoms with Gasteiger partial charge >= 0.3 is 0 Å². The van der Waals surface area contributed by atoms with E-state index in [9.17, 15) is 0 Å². The molecule has 1 aromatic carbocycles. The molecule has 2 rings (SSSR count). The van der Waals surface area contributed by atoms with E-state index in [1.807, 2.05) is 12.1 Å². The molecule has 13 heavy (non-hydrogen) atoms. The van der Waals surface area contributed by atoms with Crippen molar-refractivity contribution >= 4 is 10.9 Å². The van der Waals surface area contributed by atoms with E-state index in [-0.39, 0.29) is 0 Å². The van der Waals surface area contributed by atoms with Crippen LogP contribution < -0.4 is 0 Å². The Kier molecular flexibility index (Phi) is 2.01. The summed E-state index contributed by atoms with van der Waals surface area (Å²) in [7, 11) is 0. The Labute approximate surface area is 78.4 Å². The molecule has 2 aromatic rings. The second-order valence-corrected chi connectivity index (χ2v) is 3.51. The third-order valence-corrected chi connectivity index (χ3v) is 2.23. The molecule has 0 unspecified atom stereocenters. The van der Waals surface area contributed by atoms with Crippen molar-refractivity contribution < 1.29 is 0 Å². The van der Waals surface area contributed by atoms with E-state index in [1.165, 1.54) is 10.9 Å². The van der Waals surface area contributed by atoms with Crippen LogP contribution in [0.2, 0.25) is 0 Å². The van der Waals surface area contributed by atoms with Crippen LogP contribution in [0.3, 0.4) is 0 Å². The predicted molar refractivity (Wildman–Crippen MR) is 54.7 cm³/mol. The fraction of sp³-hybridized carbons (Fsp3) is 0.250. The first-order chi connectivity index (χ1) is 6.29. The zero-order chi connectivity index (χ0) is 9.26. The van der Waals surface area contributed by atoms with E-state index in [4.69, 9.17) is 0 Å². The molecule has 1 radical (unpaired) electrons. The molecule has 1 aromatic heterocycles. The Hall–Kier alpha value is -1.37. The van der Waals surface area contributed by atoms with Crippen molar-refractivity contribution in [1.82, 2.24) is 4.98 Å². The second kappa shape index (κ2) is 3.17. The lowest BCUT2D eigenvalue weighted by molar-refractivity contribution is 0.872. The molecule has 0 saturated carbocycles. The number of nitrogens with zero attached hydrogens (tertiary/aromatic N) is 1. The maximum Gasteiger partial charge on any atom is 0.0894 e. The molecular weight excluding hydrogens is 158 g/mol. The van der Waals surface area contributed by atoms with Crippen LogP contribution in [0.15, 0.2) is 30.3 Å². The van der Waals surface area contributed by atoms with E-state index in [1.54, 1.807) is 0 Å². The Morgan fingerprint density at radius 3 is 2.85 bits per heavy atom. The second-order valence-electron chi connectivity index (χ2n) is 3.51. The lowest BCUT2D eigenvalue weighted by Gasteiger charge is -2.07. The minimum atomic E-state index is 0.520. The topological polar surface area (TPSA) is 12.9 Å². The van der Waals surface area contributed by atoms with Crippen molar-refractivity contribution in [1.29, 1.82) is 0 Å². The zero-order valence-corrected chi connectivity index (χ0v) is 7.91. The molecule has 0 amide bonds. The molecule has 0 atom stereocenters. The Balaban J connectivity index is 2.76. The van der Waals surface area contributed by atoms with Crippen molar-refractivity contribution in [3.05, 3.63) is 42.1 Å². The zero-order valence-electron chi connectivity index (χ0n) is 7.91. The summed E-state index contributed by atoms with van der Waals surface area (Å²) in [5, 5.41) is 1.20. The van der Waals surface area contributed by atoms with E-state index in [0.29, 0.717) is 5.92 Å². The molecule has 1 heteroatoms. The van der Waals surface area contributed by atoms with Gasteiger partial charge in [0.05, 0.1) is 11.7 Å². The van der Waals surface area contributed by atoms with Crippen LogP contribution in [-0.4, -0.2) is 4.98 Å². The quantitative estimate of drug-likeness (QED) is 0.640. The number of pyridine rings is 1. The van der Waals surface area contributed by atoms with Crippen LogP contribution in [0, 0.1) is 6.20 Å². The summed E-state index contributed by atoms with van der Waals surface area (Å²) in [6.07, 6.45) is 2.88. The maximum absolute atomic E-state index is 4.28. The molecule has 0 aliphatic rings. The molecule has 0 spiro atoms. The Morgan fingerprint density at radius 1 is 1.23 bits per heavy atom. The number of aromatic nitrogens is 1. The minimum absolute atomic E-state index is 0.520. The lowest BCUT2D eigenvalue weighted by atomic mass is 10.00. The van der Waals surface area contributed by atoms with Crippen molar-refractivity contribution in [2.24, 2.45) is 0 Å². The smallest absolute Gasteiger partial charge is 0.0894 e. The summed E-state index contributed by atoms with van der Waals surface area (Å²) in [5.74, 6) is 0.520. The van der Waals surface area contributed by atoms with Crippen molar-refractivity contribution in [3.63, 3.8) is 0 Å². The third-order valence-electron chi connectivity index (χ3n) is 2.23. The first-order valence-corrected chi connectivity index (χ1v) is 4.55. The van der Waals surface area contributed by atoms with Gasteiger partial charge in [-0.05, 0) is 17.5 Å². The molecule has 0 fully saturated rings. The first kappa shape index (κ1) is 8.24. The van der Waals surface area contributed by atoms with E-state index in [2.05, 4.69) is 43.2 Å². The van der Waals surface area contributed by atoms with Gasteiger partial charge in [-0.2, -0.15) is 0 Å². The van der Waals surface area contributed by atoms with Gasteiger partial charge in [0.15, 0.2) is 0 Å². The highest BCUT2D eigenvalue weighted by Gasteiger charge is 2.04. The van der Waals surface area contributed by atoms with Gasteiger partial charge in [0.1, 0.15) is 0 Å². The number of para-hydroxylation sites is 1. The summed E-state index contributed by atoms with van der Waals surface area (Å²) >= 11 is 0. The van der Waals surface area contributed by atoms with Gasteiger partial charge in [0.25, 0.3) is 0 Å². The molecular formula is C12H12N. The standard InChI is InChI=1S/C12H12N/c1-9(2)11-7-3-5-10-6-4-8-13-12(10)11/h3-7,9H,1-2H3. The van der Waals surface area contributed by atoms with Gasteiger partial charge in [0, 0.05) is 5.39 Å². The van der Waals surface area contributed by atoms with Gasteiger partial charge in [-0.1, -0.05) is 38.1 Å². The number of hydrogen-bond acceptors (Lipinski definition) is 1. The summed E-state index contributed by atoms with van der Waals surface area (Å²) in [6, 6.07) is 10.2. The number of benzene rings is 1. The highest BCUT2D eigenvalue weighted by Crippen LogP contribution is 2.22. The third kappa shape index (κ3) is 1.42. The van der Waals surface area contributed by atoms with Gasteiger partial charge in [-0.3, -0.25) is 0 Å². The molecule has 0 N–H and O–H groups in total. The normalized spacial score (nSPS) is 11.0. The largest absolute Gasteiger partial charge is 0.246 e. The molecule has 0 saturated heterocycles. The van der Waals surface area contributed by atoms with E-state index < -0.39 is 0 Å². The van der Waals surface area contributed by atoms with Crippen molar-refractivity contribution in [2.75, 3.05) is 0 Å². The fourth-order valence-corrected chi connectivity index (χ4v) is 1.54. The van der Waals surface area contributed by atoms with Crippen LogP contribution in [0.5, 0.6) is 0 Å². The van der Waals surface area contributed by atoms with Crippen LogP contribution >= 0.6 is 0 Å². The molecule has 1 nitrogen and oxygen atoms in total. The molecule has 65 valence electrons. The minimum Gasteiger partial charge on any atom is -0.246 e.